The number of anilines is 3. The molecule has 3 nitrogen and oxygen atoms in total. The van der Waals surface area contributed by atoms with Gasteiger partial charge in [-0.1, -0.05) is 17.7 Å². The summed E-state index contributed by atoms with van der Waals surface area (Å²) < 4.78 is 0. The van der Waals surface area contributed by atoms with Crippen LogP contribution >= 0.6 is 11.6 Å². The molecule has 0 amide bonds. The zero-order valence-corrected chi connectivity index (χ0v) is 11.8. The quantitative estimate of drug-likeness (QED) is 0.680. The highest BCUT2D eigenvalue weighted by molar-refractivity contribution is 6.30. The second-order valence-electron chi connectivity index (χ2n) is 4.71. The molecule has 3 rings (SSSR count). The van der Waals surface area contributed by atoms with Crippen molar-refractivity contribution in [1.29, 1.82) is 0 Å². The average molecular weight is 284 g/mol. The number of halogens is 1. The number of hydrogen-bond donors (Lipinski definition) is 2. The van der Waals surface area contributed by atoms with Crippen molar-refractivity contribution in [2.24, 2.45) is 0 Å². The van der Waals surface area contributed by atoms with Gasteiger partial charge in [-0.3, -0.25) is 4.98 Å². The SMILES string of the molecule is Cc1ccc(Cl)cc1Nc1ccc(N)c2ccncc12. The molecule has 1 aromatic heterocycles. The Morgan fingerprint density at radius 2 is 1.90 bits per heavy atom. The van der Waals surface area contributed by atoms with Gasteiger partial charge < -0.3 is 11.1 Å². The second kappa shape index (κ2) is 5.02. The predicted molar refractivity (Wildman–Crippen MR) is 85.6 cm³/mol. The third-order valence-electron chi connectivity index (χ3n) is 3.32. The number of pyridine rings is 1. The first-order valence-electron chi connectivity index (χ1n) is 6.30. The van der Waals surface area contributed by atoms with E-state index in [1.165, 1.54) is 0 Å². The lowest BCUT2D eigenvalue weighted by Crippen LogP contribution is -1.96. The van der Waals surface area contributed by atoms with E-state index >= 15 is 0 Å². The Morgan fingerprint density at radius 3 is 2.75 bits per heavy atom. The number of nitrogens with two attached hydrogens (primary N) is 1. The summed E-state index contributed by atoms with van der Waals surface area (Å²) in [6.07, 6.45) is 3.56. The summed E-state index contributed by atoms with van der Waals surface area (Å²) in [6, 6.07) is 11.5. The summed E-state index contributed by atoms with van der Waals surface area (Å²) in [5.41, 5.74) is 9.81. The van der Waals surface area contributed by atoms with E-state index in [4.69, 9.17) is 17.3 Å². The summed E-state index contributed by atoms with van der Waals surface area (Å²) in [7, 11) is 0. The predicted octanol–water partition coefficient (Wildman–Crippen LogP) is 4.52. The van der Waals surface area contributed by atoms with Crippen LogP contribution in [-0.4, -0.2) is 4.98 Å². The number of nitrogens with one attached hydrogen (secondary N) is 1. The van der Waals surface area contributed by atoms with Crippen molar-refractivity contribution >= 4 is 39.4 Å². The van der Waals surface area contributed by atoms with E-state index in [-0.39, 0.29) is 0 Å². The van der Waals surface area contributed by atoms with E-state index < -0.39 is 0 Å². The van der Waals surface area contributed by atoms with Gasteiger partial charge >= 0.3 is 0 Å². The zero-order chi connectivity index (χ0) is 14.1. The molecule has 0 saturated heterocycles. The number of aryl methyl sites for hydroxylation is 1. The van der Waals surface area contributed by atoms with Crippen LogP contribution in [0.2, 0.25) is 5.02 Å². The lowest BCUT2D eigenvalue weighted by atomic mass is 10.1. The first-order valence-corrected chi connectivity index (χ1v) is 6.68. The van der Waals surface area contributed by atoms with E-state index in [1.54, 1.807) is 6.20 Å². The Balaban J connectivity index is 2.11. The van der Waals surface area contributed by atoms with Crippen LogP contribution in [0, 0.1) is 6.92 Å². The molecule has 0 radical (unpaired) electrons. The molecule has 0 bridgehead atoms. The Bertz CT molecular complexity index is 784. The van der Waals surface area contributed by atoms with Gasteiger partial charge in [-0.25, -0.2) is 0 Å². The molecule has 1 heterocycles. The first kappa shape index (κ1) is 12.8. The fourth-order valence-electron chi connectivity index (χ4n) is 2.20. The highest BCUT2D eigenvalue weighted by Gasteiger charge is 2.06. The molecule has 0 aliphatic rings. The summed E-state index contributed by atoms with van der Waals surface area (Å²) in [5.74, 6) is 0. The number of benzene rings is 2. The van der Waals surface area contributed by atoms with Crippen LogP contribution in [0.15, 0.2) is 48.8 Å². The molecule has 100 valence electrons. The van der Waals surface area contributed by atoms with Crippen molar-refractivity contribution in [2.45, 2.75) is 6.92 Å². The molecule has 20 heavy (non-hydrogen) atoms. The van der Waals surface area contributed by atoms with E-state index in [0.29, 0.717) is 5.02 Å². The highest BCUT2D eigenvalue weighted by atomic mass is 35.5. The van der Waals surface area contributed by atoms with Gasteiger partial charge in [-0.05, 0) is 42.8 Å². The summed E-state index contributed by atoms with van der Waals surface area (Å²) in [4.78, 5) is 4.17. The maximum atomic E-state index is 6.05. The van der Waals surface area contributed by atoms with Gasteiger partial charge in [0, 0.05) is 45.3 Å². The second-order valence-corrected chi connectivity index (χ2v) is 5.14. The number of nitrogens with zero attached hydrogens (tertiary/aromatic N) is 1. The van der Waals surface area contributed by atoms with Crippen LogP contribution in [0.4, 0.5) is 17.1 Å². The van der Waals surface area contributed by atoms with Crippen molar-refractivity contribution in [3.63, 3.8) is 0 Å². The maximum absolute atomic E-state index is 6.05. The minimum Gasteiger partial charge on any atom is -0.398 e. The highest BCUT2D eigenvalue weighted by Crippen LogP contribution is 2.31. The van der Waals surface area contributed by atoms with Crippen LogP contribution in [0.1, 0.15) is 5.56 Å². The van der Waals surface area contributed by atoms with E-state index in [2.05, 4.69) is 10.3 Å². The maximum Gasteiger partial charge on any atom is 0.0481 e. The summed E-state index contributed by atoms with van der Waals surface area (Å²) in [6.45, 7) is 2.04. The van der Waals surface area contributed by atoms with Gasteiger partial charge in [-0.15, -0.1) is 0 Å². The van der Waals surface area contributed by atoms with Gasteiger partial charge in [0.05, 0.1) is 0 Å². The molecule has 0 aliphatic heterocycles. The van der Waals surface area contributed by atoms with Gasteiger partial charge in [0.2, 0.25) is 0 Å². The lowest BCUT2D eigenvalue weighted by Gasteiger charge is -2.13. The number of rotatable bonds is 2. The van der Waals surface area contributed by atoms with E-state index in [0.717, 1.165) is 33.4 Å². The van der Waals surface area contributed by atoms with Crippen LogP contribution < -0.4 is 11.1 Å². The molecular weight excluding hydrogens is 270 g/mol. The molecule has 3 aromatic rings. The van der Waals surface area contributed by atoms with Gasteiger partial charge in [0.15, 0.2) is 0 Å². The average Bonchev–Trinajstić information content (AvgIpc) is 2.46. The van der Waals surface area contributed by atoms with Gasteiger partial charge in [0.25, 0.3) is 0 Å². The molecule has 0 saturated carbocycles. The third-order valence-corrected chi connectivity index (χ3v) is 3.56. The van der Waals surface area contributed by atoms with Crippen molar-refractivity contribution in [1.82, 2.24) is 4.98 Å². The van der Waals surface area contributed by atoms with Crippen molar-refractivity contribution < 1.29 is 0 Å². The molecule has 0 spiro atoms. The van der Waals surface area contributed by atoms with E-state index in [9.17, 15) is 0 Å². The fourth-order valence-corrected chi connectivity index (χ4v) is 2.37. The molecular formula is C16H14ClN3. The van der Waals surface area contributed by atoms with Crippen molar-refractivity contribution in [3.05, 3.63) is 59.4 Å². The van der Waals surface area contributed by atoms with Gasteiger partial charge in [0.1, 0.15) is 0 Å². The topological polar surface area (TPSA) is 50.9 Å². The van der Waals surface area contributed by atoms with Crippen molar-refractivity contribution in [3.8, 4) is 0 Å². The van der Waals surface area contributed by atoms with E-state index in [1.807, 2.05) is 49.5 Å². The summed E-state index contributed by atoms with van der Waals surface area (Å²) in [5, 5.41) is 6.09. The molecule has 0 unspecified atom stereocenters. The summed E-state index contributed by atoms with van der Waals surface area (Å²) >= 11 is 6.05. The smallest absolute Gasteiger partial charge is 0.0481 e. The standard InChI is InChI=1S/C16H14ClN3/c1-10-2-3-11(17)8-16(10)20-15-5-4-14(18)12-6-7-19-9-13(12)15/h2-9,20H,18H2,1H3. The van der Waals surface area contributed by atoms with Crippen LogP contribution in [-0.2, 0) is 0 Å². The molecule has 0 atom stereocenters. The van der Waals surface area contributed by atoms with Crippen molar-refractivity contribution in [2.75, 3.05) is 11.1 Å². The first-order chi connectivity index (χ1) is 9.65. The Morgan fingerprint density at radius 1 is 1.05 bits per heavy atom. The number of hydrogen-bond acceptors (Lipinski definition) is 3. The Labute approximate surface area is 122 Å². The molecule has 0 fully saturated rings. The van der Waals surface area contributed by atoms with Gasteiger partial charge in [-0.2, -0.15) is 0 Å². The number of fused-ring (bicyclic) bond motifs is 1. The molecule has 2 aromatic carbocycles. The third kappa shape index (κ3) is 2.28. The molecule has 4 heteroatoms. The Kier molecular flexibility index (Phi) is 3.20. The monoisotopic (exact) mass is 283 g/mol. The van der Waals surface area contributed by atoms with Crippen LogP contribution in [0.25, 0.3) is 10.8 Å². The van der Waals surface area contributed by atoms with Crippen LogP contribution in [0.3, 0.4) is 0 Å². The molecule has 0 aliphatic carbocycles. The number of nitrogen functional groups attached to an aromatic ring is 1. The fraction of sp³-hybridized carbons (Fsp3) is 0.0625. The Hall–Kier alpha value is -2.26. The lowest BCUT2D eigenvalue weighted by molar-refractivity contribution is 1.36. The largest absolute Gasteiger partial charge is 0.398 e. The minimum absolute atomic E-state index is 0.705. The minimum atomic E-state index is 0.705. The normalized spacial score (nSPS) is 10.7. The number of aromatic nitrogens is 1. The molecule has 3 N–H and O–H groups in total. The zero-order valence-electron chi connectivity index (χ0n) is 11.0. The van der Waals surface area contributed by atoms with Crippen LogP contribution in [0.5, 0.6) is 0 Å².